The molecule has 0 radical (unpaired) electrons. The Kier molecular flexibility index (Phi) is 3.98. The fraction of sp³-hybridized carbons (Fsp3) is 0.300. The van der Waals surface area contributed by atoms with E-state index in [-0.39, 0.29) is 10.9 Å². The maximum absolute atomic E-state index is 11.9. The van der Waals surface area contributed by atoms with Gasteiger partial charge in [-0.05, 0) is 41.9 Å². The number of amides is 1. The van der Waals surface area contributed by atoms with E-state index in [0.717, 1.165) is 0 Å². The molecule has 3 N–H and O–H groups in total. The normalized spacial score (nSPS) is 10.9. The van der Waals surface area contributed by atoms with E-state index in [0.29, 0.717) is 10.3 Å². The quantitative estimate of drug-likeness (QED) is 0.839. The summed E-state index contributed by atoms with van der Waals surface area (Å²) in [4.78, 5) is 16.1. The topological polar surface area (TPSA) is 68.0 Å². The van der Waals surface area contributed by atoms with E-state index >= 15 is 0 Å². The molecule has 0 aliphatic carbocycles. The van der Waals surface area contributed by atoms with Crippen molar-refractivity contribution in [3.05, 3.63) is 22.8 Å². The van der Waals surface area contributed by atoms with Crippen molar-refractivity contribution in [2.75, 3.05) is 5.32 Å². The summed E-state index contributed by atoms with van der Waals surface area (Å²) in [6.45, 7) is 3.34. The van der Waals surface area contributed by atoms with Crippen molar-refractivity contribution < 1.29 is 4.79 Å². The molecule has 0 aromatic carbocycles. The van der Waals surface area contributed by atoms with Gasteiger partial charge in [-0.1, -0.05) is 12.2 Å². The minimum atomic E-state index is -0.897. The van der Waals surface area contributed by atoms with Crippen LogP contribution < -0.4 is 11.1 Å². The summed E-state index contributed by atoms with van der Waals surface area (Å²) in [6, 6.07) is 3.55. The molecule has 1 aromatic heterocycles. The van der Waals surface area contributed by atoms with Gasteiger partial charge in [-0.25, -0.2) is 4.98 Å². The van der Waals surface area contributed by atoms with Crippen LogP contribution in [0.3, 0.4) is 0 Å². The van der Waals surface area contributed by atoms with Crippen LogP contribution in [0.5, 0.6) is 0 Å². The fourth-order valence-electron chi connectivity index (χ4n) is 0.853. The highest BCUT2D eigenvalue weighted by atomic mass is 79.9. The molecule has 1 heterocycles. The molecule has 0 bridgehead atoms. The van der Waals surface area contributed by atoms with Gasteiger partial charge >= 0.3 is 0 Å². The Bertz CT molecular complexity index is 434. The Morgan fingerprint density at radius 1 is 1.62 bits per heavy atom. The van der Waals surface area contributed by atoms with Gasteiger partial charge in [0, 0.05) is 6.20 Å². The van der Waals surface area contributed by atoms with Crippen LogP contribution in [0.1, 0.15) is 13.8 Å². The number of aromatic nitrogens is 1. The van der Waals surface area contributed by atoms with Gasteiger partial charge in [0.15, 0.2) is 0 Å². The van der Waals surface area contributed by atoms with Gasteiger partial charge < -0.3 is 11.1 Å². The van der Waals surface area contributed by atoms with E-state index in [2.05, 4.69) is 26.2 Å². The Balaban J connectivity index is 2.88. The summed E-state index contributed by atoms with van der Waals surface area (Å²) in [6.07, 6.45) is 1.59. The standard InChI is InChI=1S/C10H12BrN3OS/c1-10(2,8(12)16)9(15)14-7-6(11)4-3-5-13-7/h3-5H,1-2H3,(H2,12,16)(H,13,14,15). The SMILES string of the molecule is CC(C)(C(=O)Nc1ncccc1Br)C(N)=S. The predicted molar refractivity (Wildman–Crippen MR) is 71.1 cm³/mol. The van der Waals surface area contributed by atoms with Crippen LogP contribution in [0.15, 0.2) is 22.8 Å². The van der Waals surface area contributed by atoms with Crippen molar-refractivity contribution in [2.24, 2.45) is 11.1 Å². The maximum atomic E-state index is 11.9. The lowest BCUT2D eigenvalue weighted by molar-refractivity contribution is -0.121. The highest BCUT2D eigenvalue weighted by molar-refractivity contribution is 9.10. The van der Waals surface area contributed by atoms with E-state index < -0.39 is 5.41 Å². The maximum Gasteiger partial charge on any atom is 0.238 e. The smallest absolute Gasteiger partial charge is 0.238 e. The van der Waals surface area contributed by atoms with Crippen LogP contribution in [0.25, 0.3) is 0 Å². The lowest BCUT2D eigenvalue weighted by Gasteiger charge is -2.21. The van der Waals surface area contributed by atoms with E-state index in [1.165, 1.54) is 0 Å². The summed E-state index contributed by atoms with van der Waals surface area (Å²) in [7, 11) is 0. The van der Waals surface area contributed by atoms with Crippen molar-refractivity contribution in [3.8, 4) is 0 Å². The average Bonchev–Trinajstić information content (AvgIpc) is 2.21. The van der Waals surface area contributed by atoms with Crippen LogP contribution in [-0.4, -0.2) is 15.9 Å². The molecule has 6 heteroatoms. The second-order valence-electron chi connectivity index (χ2n) is 3.78. The zero-order valence-electron chi connectivity index (χ0n) is 8.95. The second-order valence-corrected chi connectivity index (χ2v) is 5.07. The van der Waals surface area contributed by atoms with Crippen LogP contribution >= 0.6 is 28.1 Å². The number of pyridine rings is 1. The molecule has 1 aromatic rings. The first kappa shape index (κ1) is 13.1. The first-order chi connectivity index (χ1) is 7.35. The van der Waals surface area contributed by atoms with Crippen LogP contribution in [0.2, 0.25) is 0 Å². The molecule has 0 fully saturated rings. The highest BCUT2D eigenvalue weighted by Crippen LogP contribution is 2.22. The number of carbonyl (C=O) groups is 1. The Hall–Kier alpha value is -1.01. The summed E-state index contributed by atoms with van der Waals surface area (Å²) in [5, 5.41) is 2.67. The molecule has 0 aliphatic heterocycles. The van der Waals surface area contributed by atoms with Crippen molar-refractivity contribution in [1.29, 1.82) is 0 Å². The lowest BCUT2D eigenvalue weighted by Crippen LogP contribution is -2.41. The number of anilines is 1. The second kappa shape index (κ2) is 4.88. The van der Waals surface area contributed by atoms with Gasteiger partial charge in [0.25, 0.3) is 0 Å². The Morgan fingerprint density at radius 2 is 2.25 bits per heavy atom. The van der Waals surface area contributed by atoms with Crippen molar-refractivity contribution in [2.45, 2.75) is 13.8 Å². The molecule has 1 amide bonds. The highest BCUT2D eigenvalue weighted by Gasteiger charge is 2.31. The number of carbonyl (C=O) groups excluding carboxylic acids is 1. The van der Waals surface area contributed by atoms with Gasteiger partial charge in [-0.3, -0.25) is 4.79 Å². The number of hydrogen-bond acceptors (Lipinski definition) is 3. The Labute approximate surface area is 108 Å². The third-order valence-electron chi connectivity index (χ3n) is 2.17. The van der Waals surface area contributed by atoms with Gasteiger partial charge in [0.2, 0.25) is 5.91 Å². The lowest BCUT2D eigenvalue weighted by atomic mass is 9.92. The number of nitrogens with one attached hydrogen (secondary N) is 1. The summed E-state index contributed by atoms with van der Waals surface area (Å²) >= 11 is 8.13. The van der Waals surface area contributed by atoms with Crippen molar-refractivity contribution >= 4 is 44.9 Å². The van der Waals surface area contributed by atoms with Crippen molar-refractivity contribution in [3.63, 3.8) is 0 Å². The minimum Gasteiger partial charge on any atom is -0.392 e. The number of nitrogens with two attached hydrogens (primary N) is 1. The van der Waals surface area contributed by atoms with Gasteiger partial charge in [-0.2, -0.15) is 0 Å². The van der Waals surface area contributed by atoms with E-state index in [1.807, 2.05) is 0 Å². The molecular weight excluding hydrogens is 290 g/mol. The largest absolute Gasteiger partial charge is 0.392 e. The van der Waals surface area contributed by atoms with Gasteiger partial charge in [0.05, 0.1) is 14.9 Å². The number of nitrogens with zero attached hydrogens (tertiary/aromatic N) is 1. The van der Waals surface area contributed by atoms with E-state index in [1.54, 1.807) is 32.2 Å². The molecule has 16 heavy (non-hydrogen) atoms. The van der Waals surface area contributed by atoms with E-state index in [9.17, 15) is 4.79 Å². The van der Waals surface area contributed by atoms with Crippen molar-refractivity contribution in [1.82, 2.24) is 4.98 Å². The van der Waals surface area contributed by atoms with E-state index in [4.69, 9.17) is 18.0 Å². The number of hydrogen-bond donors (Lipinski definition) is 2. The molecular formula is C10H12BrN3OS. The average molecular weight is 302 g/mol. The monoisotopic (exact) mass is 301 g/mol. The van der Waals surface area contributed by atoms with Crippen LogP contribution in [-0.2, 0) is 4.79 Å². The minimum absolute atomic E-state index is 0.150. The molecule has 1 rings (SSSR count). The van der Waals surface area contributed by atoms with Gasteiger partial charge in [0.1, 0.15) is 5.82 Å². The molecule has 0 saturated carbocycles. The fourth-order valence-corrected chi connectivity index (χ4v) is 1.30. The van der Waals surface area contributed by atoms with Crippen LogP contribution in [0, 0.1) is 5.41 Å². The zero-order valence-corrected chi connectivity index (χ0v) is 11.4. The summed E-state index contributed by atoms with van der Waals surface area (Å²) < 4.78 is 0.710. The number of rotatable bonds is 3. The molecule has 0 atom stereocenters. The number of halogens is 1. The third-order valence-corrected chi connectivity index (χ3v) is 3.32. The summed E-state index contributed by atoms with van der Waals surface area (Å²) in [5.41, 5.74) is 4.60. The molecule has 4 nitrogen and oxygen atoms in total. The molecule has 0 unspecified atom stereocenters. The summed E-state index contributed by atoms with van der Waals surface area (Å²) in [5.74, 6) is 0.177. The molecule has 0 aliphatic rings. The number of thiocarbonyl (C=S) groups is 1. The molecule has 0 spiro atoms. The first-order valence-corrected chi connectivity index (χ1v) is 5.77. The van der Waals surface area contributed by atoms with Gasteiger partial charge in [-0.15, -0.1) is 0 Å². The first-order valence-electron chi connectivity index (χ1n) is 4.57. The molecule has 0 saturated heterocycles. The zero-order chi connectivity index (χ0) is 12.3. The Morgan fingerprint density at radius 3 is 2.75 bits per heavy atom. The molecule has 86 valence electrons. The predicted octanol–water partition coefficient (Wildman–Crippen LogP) is 2.09. The third kappa shape index (κ3) is 2.76. The van der Waals surface area contributed by atoms with Crippen LogP contribution in [0.4, 0.5) is 5.82 Å².